The van der Waals surface area contributed by atoms with E-state index in [2.05, 4.69) is 10.3 Å². The molecular formula is C20H18N2O4S2. The molecule has 0 fully saturated rings. The number of amides is 1. The second kappa shape index (κ2) is 8.37. The highest BCUT2D eigenvalue weighted by molar-refractivity contribution is 7.90. The van der Waals surface area contributed by atoms with Crippen LogP contribution < -0.4 is 10.1 Å². The van der Waals surface area contributed by atoms with E-state index in [-0.39, 0.29) is 10.8 Å². The number of sulfone groups is 1. The topological polar surface area (TPSA) is 85.4 Å². The summed E-state index contributed by atoms with van der Waals surface area (Å²) in [7, 11) is -1.66. The van der Waals surface area contributed by atoms with Crippen molar-refractivity contribution in [3.8, 4) is 17.0 Å². The van der Waals surface area contributed by atoms with Crippen LogP contribution in [0.4, 0.5) is 5.13 Å². The van der Waals surface area contributed by atoms with E-state index in [1.54, 1.807) is 30.7 Å². The molecule has 0 saturated heterocycles. The van der Waals surface area contributed by atoms with Gasteiger partial charge >= 0.3 is 0 Å². The third-order valence-corrected chi connectivity index (χ3v) is 5.75. The van der Waals surface area contributed by atoms with E-state index in [1.807, 2.05) is 24.3 Å². The number of aromatic nitrogens is 1. The van der Waals surface area contributed by atoms with E-state index in [9.17, 15) is 13.2 Å². The standard InChI is InChI=1S/C20H18N2O4S2/c1-26-18-6-4-3-5-15(18)9-12-19(23)22-20-21-17(13-27-20)14-7-10-16(11-8-14)28(2,24)25/h3-13H,1-2H3,(H,21,22,23)/b12-9+. The molecule has 0 unspecified atom stereocenters. The van der Waals surface area contributed by atoms with Crippen molar-refractivity contribution in [3.63, 3.8) is 0 Å². The van der Waals surface area contributed by atoms with Gasteiger partial charge in [-0.25, -0.2) is 13.4 Å². The van der Waals surface area contributed by atoms with Crippen molar-refractivity contribution in [1.82, 2.24) is 4.98 Å². The summed E-state index contributed by atoms with van der Waals surface area (Å²) in [6.07, 6.45) is 4.25. The average Bonchev–Trinajstić information content (AvgIpc) is 3.14. The normalized spacial score (nSPS) is 11.5. The van der Waals surface area contributed by atoms with Crippen molar-refractivity contribution in [2.45, 2.75) is 4.90 Å². The van der Waals surface area contributed by atoms with Gasteiger partial charge in [0.05, 0.1) is 17.7 Å². The Balaban J connectivity index is 1.69. The first kappa shape index (κ1) is 19.8. The molecule has 6 nitrogen and oxygen atoms in total. The van der Waals surface area contributed by atoms with Crippen molar-refractivity contribution in [2.24, 2.45) is 0 Å². The molecule has 2 aromatic carbocycles. The van der Waals surface area contributed by atoms with Gasteiger partial charge in [-0.1, -0.05) is 30.3 Å². The number of nitrogens with one attached hydrogen (secondary N) is 1. The fourth-order valence-electron chi connectivity index (χ4n) is 2.45. The summed E-state index contributed by atoms with van der Waals surface area (Å²) >= 11 is 1.29. The maximum Gasteiger partial charge on any atom is 0.250 e. The summed E-state index contributed by atoms with van der Waals surface area (Å²) < 4.78 is 28.3. The minimum Gasteiger partial charge on any atom is -0.496 e. The Morgan fingerprint density at radius 3 is 2.54 bits per heavy atom. The number of thiazole rings is 1. The SMILES string of the molecule is COc1ccccc1/C=C/C(=O)Nc1nc(-c2ccc(S(C)(=O)=O)cc2)cs1. The molecule has 0 saturated carbocycles. The van der Waals surface area contributed by atoms with Gasteiger partial charge in [0.25, 0.3) is 0 Å². The second-order valence-corrected chi connectivity index (χ2v) is 8.77. The first-order valence-corrected chi connectivity index (χ1v) is 11.0. The van der Waals surface area contributed by atoms with Crippen molar-refractivity contribution in [2.75, 3.05) is 18.7 Å². The fourth-order valence-corrected chi connectivity index (χ4v) is 3.81. The van der Waals surface area contributed by atoms with Gasteiger partial charge in [-0.3, -0.25) is 10.1 Å². The van der Waals surface area contributed by atoms with Crippen molar-refractivity contribution < 1.29 is 17.9 Å². The smallest absolute Gasteiger partial charge is 0.250 e. The molecule has 1 heterocycles. The first-order valence-electron chi connectivity index (χ1n) is 8.25. The van der Waals surface area contributed by atoms with Crippen LogP contribution in [0.5, 0.6) is 5.75 Å². The van der Waals surface area contributed by atoms with E-state index in [1.165, 1.54) is 29.5 Å². The Labute approximate surface area is 167 Å². The lowest BCUT2D eigenvalue weighted by Gasteiger charge is -2.03. The summed E-state index contributed by atoms with van der Waals surface area (Å²) in [5.41, 5.74) is 2.23. The predicted octanol–water partition coefficient (Wildman–Crippen LogP) is 3.87. The van der Waals surface area contributed by atoms with Crippen LogP contribution in [0.2, 0.25) is 0 Å². The molecular weight excluding hydrogens is 396 g/mol. The summed E-state index contributed by atoms with van der Waals surface area (Å²) in [6.45, 7) is 0. The largest absolute Gasteiger partial charge is 0.496 e. The number of methoxy groups -OCH3 is 1. The van der Waals surface area contributed by atoms with Gasteiger partial charge in [0, 0.05) is 28.8 Å². The lowest BCUT2D eigenvalue weighted by Crippen LogP contribution is -2.07. The van der Waals surface area contributed by atoms with Gasteiger partial charge in [-0.05, 0) is 24.3 Å². The van der Waals surface area contributed by atoms with Crippen LogP contribution >= 0.6 is 11.3 Å². The molecule has 144 valence electrons. The molecule has 8 heteroatoms. The monoisotopic (exact) mass is 414 g/mol. The number of hydrogen-bond donors (Lipinski definition) is 1. The quantitative estimate of drug-likeness (QED) is 0.619. The van der Waals surface area contributed by atoms with E-state index in [0.29, 0.717) is 16.6 Å². The number of carbonyl (C=O) groups is 1. The summed E-state index contributed by atoms with van der Waals surface area (Å²) in [5.74, 6) is 0.375. The summed E-state index contributed by atoms with van der Waals surface area (Å²) in [6, 6.07) is 13.9. The number of anilines is 1. The molecule has 1 N–H and O–H groups in total. The number of para-hydroxylation sites is 1. The first-order chi connectivity index (χ1) is 13.4. The molecule has 3 rings (SSSR count). The number of ether oxygens (including phenoxy) is 1. The predicted molar refractivity (Wildman–Crippen MR) is 111 cm³/mol. The van der Waals surface area contributed by atoms with E-state index in [0.717, 1.165) is 17.4 Å². The third-order valence-electron chi connectivity index (χ3n) is 3.87. The van der Waals surface area contributed by atoms with Crippen LogP contribution in [-0.2, 0) is 14.6 Å². The highest BCUT2D eigenvalue weighted by Gasteiger charge is 2.10. The van der Waals surface area contributed by atoms with Gasteiger partial charge in [-0.15, -0.1) is 11.3 Å². The van der Waals surface area contributed by atoms with Gasteiger partial charge in [0.15, 0.2) is 15.0 Å². The molecule has 0 atom stereocenters. The number of hydrogen-bond acceptors (Lipinski definition) is 6. The van der Waals surface area contributed by atoms with Crippen LogP contribution in [0.1, 0.15) is 5.56 Å². The second-order valence-electron chi connectivity index (χ2n) is 5.90. The van der Waals surface area contributed by atoms with Crippen LogP contribution in [0.15, 0.2) is 64.9 Å². The molecule has 0 aliphatic heterocycles. The van der Waals surface area contributed by atoms with Crippen LogP contribution in [0.3, 0.4) is 0 Å². The summed E-state index contributed by atoms with van der Waals surface area (Å²) in [4.78, 5) is 16.8. The van der Waals surface area contributed by atoms with Crippen LogP contribution in [0, 0.1) is 0 Å². The fraction of sp³-hybridized carbons (Fsp3) is 0.100. The number of rotatable bonds is 6. The van der Waals surface area contributed by atoms with Crippen LogP contribution in [0.25, 0.3) is 17.3 Å². The van der Waals surface area contributed by atoms with Crippen LogP contribution in [-0.4, -0.2) is 32.7 Å². The Morgan fingerprint density at radius 1 is 1.14 bits per heavy atom. The zero-order valence-corrected chi connectivity index (χ0v) is 16.9. The molecule has 0 aliphatic rings. The molecule has 1 aromatic heterocycles. The van der Waals surface area contributed by atoms with Gasteiger partial charge in [-0.2, -0.15) is 0 Å². The highest BCUT2D eigenvalue weighted by atomic mass is 32.2. The zero-order valence-electron chi connectivity index (χ0n) is 15.2. The van der Waals surface area contributed by atoms with E-state index < -0.39 is 9.84 Å². The van der Waals surface area contributed by atoms with Crippen molar-refractivity contribution >= 4 is 38.3 Å². The molecule has 3 aromatic rings. The average molecular weight is 415 g/mol. The Hall–Kier alpha value is -2.97. The maximum absolute atomic E-state index is 12.1. The number of benzene rings is 2. The minimum atomic E-state index is -3.24. The Morgan fingerprint density at radius 2 is 1.86 bits per heavy atom. The lowest BCUT2D eigenvalue weighted by atomic mass is 10.2. The van der Waals surface area contributed by atoms with Gasteiger partial charge in [0.1, 0.15) is 5.75 Å². The number of carbonyl (C=O) groups excluding carboxylic acids is 1. The number of nitrogens with zero attached hydrogens (tertiary/aromatic N) is 1. The highest BCUT2D eigenvalue weighted by Crippen LogP contribution is 2.26. The van der Waals surface area contributed by atoms with E-state index in [4.69, 9.17) is 4.74 Å². The minimum absolute atomic E-state index is 0.251. The Kier molecular flexibility index (Phi) is 5.91. The lowest BCUT2D eigenvalue weighted by molar-refractivity contribution is -0.111. The molecule has 0 radical (unpaired) electrons. The summed E-state index contributed by atoms with van der Waals surface area (Å²) in [5, 5.41) is 4.98. The molecule has 0 bridgehead atoms. The van der Waals surface area contributed by atoms with Gasteiger partial charge < -0.3 is 4.74 Å². The molecule has 1 amide bonds. The molecule has 28 heavy (non-hydrogen) atoms. The van der Waals surface area contributed by atoms with E-state index >= 15 is 0 Å². The zero-order chi connectivity index (χ0) is 20.1. The van der Waals surface area contributed by atoms with Crippen molar-refractivity contribution in [3.05, 3.63) is 65.6 Å². The van der Waals surface area contributed by atoms with Gasteiger partial charge in [0.2, 0.25) is 5.91 Å². The molecule has 0 aliphatic carbocycles. The van der Waals surface area contributed by atoms with Crippen molar-refractivity contribution in [1.29, 1.82) is 0 Å². The maximum atomic E-state index is 12.1. The third kappa shape index (κ3) is 4.85. The Bertz CT molecular complexity index is 1120. The molecule has 0 spiro atoms.